The summed E-state index contributed by atoms with van der Waals surface area (Å²) in [4.78, 5) is 4.05. The molecule has 12 heavy (non-hydrogen) atoms. The SMILES string of the molecule is CNc1cncc2c1nnn2C. The van der Waals surface area contributed by atoms with Crippen molar-refractivity contribution in [1.82, 2.24) is 20.0 Å². The molecule has 0 atom stereocenters. The van der Waals surface area contributed by atoms with Crippen LogP contribution in [0.15, 0.2) is 12.4 Å². The lowest BCUT2D eigenvalue weighted by Crippen LogP contribution is -1.92. The van der Waals surface area contributed by atoms with E-state index in [4.69, 9.17) is 0 Å². The number of pyridine rings is 1. The summed E-state index contributed by atoms with van der Waals surface area (Å²) >= 11 is 0. The van der Waals surface area contributed by atoms with E-state index in [1.807, 2.05) is 14.1 Å². The Balaban J connectivity index is 2.81. The van der Waals surface area contributed by atoms with Gasteiger partial charge in [0, 0.05) is 14.1 Å². The molecule has 0 saturated heterocycles. The summed E-state index contributed by atoms with van der Waals surface area (Å²) in [5, 5.41) is 10.9. The van der Waals surface area contributed by atoms with Crippen molar-refractivity contribution in [3.05, 3.63) is 12.4 Å². The molecule has 2 aromatic rings. The van der Waals surface area contributed by atoms with Crippen molar-refractivity contribution < 1.29 is 0 Å². The molecule has 5 heteroatoms. The summed E-state index contributed by atoms with van der Waals surface area (Å²) in [7, 11) is 3.68. The topological polar surface area (TPSA) is 55.6 Å². The zero-order valence-electron chi connectivity index (χ0n) is 6.94. The van der Waals surface area contributed by atoms with Crippen molar-refractivity contribution in [1.29, 1.82) is 0 Å². The first-order chi connectivity index (χ1) is 5.83. The van der Waals surface area contributed by atoms with E-state index in [2.05, 4.69) is 20.6 Å². The maximum atomic E-state index is 4.05. The number of aromatic nitrogens is 4. The molecule has 2 aromatic heterocycles. The molecule has 0 bridgehead atoms. The van der Waals surface area contributed by atoms with Crippen molar-refractivity contribution in [2.24, 2.45) is 7.05 Å². The van der Waals surface area contributed by atoms with E-state index >= 15 is 0 Å². The van der Waals surface area contributed by atoms with Gasteiger partial charge in [-0.05, 0) is 0 Å². The number of hydrogen-bond acceptors (Lipinski definition) is 4. The Morgan fingerprint density at radius 1 is 1.42 bits per heavy atom. The Morgan fingerprint density at radius 2 is 2.25 bits per heavy atom. The molecule has 0 aliphatic heterocycles. The van der Waals surface area contributed by atoms with Crippen LogP contribution in [0.4, 0.5) is 5.69 Å². The molecule has 62 valence electrons. The number of aryl methyl sites for hydroxylation is 1. The maximum Gasteiger partial charge on any atom is 0.139 e. The van der Waals surface area contributed by atoms with Crippen LogP contribution in [0.3, 0.4) is 0 Å². The van der Waals surface area contributed by atoms with Crippen molar-refractivity contribution in [3.8, 4) is 0 Å². The molecular formula is C7H9N5. The molecule has 5 nitrogen and oxygen atoms in total. The fourth-order valence-electron chi connectivity index (χ4n) is 1.13. The highest BCUT2D eigenvalue weighted by Crippen LogP contribution is 2.17. The lowest BCUT2D eigenvalue weighted by atomic mass is 10.3. The summed E-state index contributed by atoms with van der Waals surface area (Å²) in [6.07, 6.45) is 3.48. The van der Waals surface area contributed by atoms with E-state index < -0.39 is 0 Å². The molecule has 2 heterocycles. The van der Waals surface area contributed by atoms with Crippen LogP contribution in [0.1, 0.15) is 0 Å². The molecule has 0 aliphatic rings. The molecule has 0 fully saturated rings. The van der Waals surface area contributed by atoms with Crippen molar-refractivity contribution >= 4 is 16.7 Å². The Morgan fingerprint density at radius 3 is 3.00 bits per heavy atom. The third-order valence-electron chi connectivity index (χ3n) is 1.80. The second-order valence-corrected chi connectivity index (χ2v) is 2.52. The van der Waals surface area contributed by atoms with Crippen LogP contribution in [0.5, 0.6) is 0 Å². The monoisotopic (exact) mass is 163 g/mol. The zero-order chi connectivity index (χ0) is 8.55. The molecule has 1 N–H and O–H groups in total. The van der Waals surface area contributed by atoms with Crippen molar-refractivity contribution in [2.45, 2.75) is 0 Å². The first-order valence-corrected chi connectivity index (χ1v) is 3.64. The lowest BCUT2D eigenvalue weighted by Gasteiger charge is -1.97. The highest BCUT2D eigenvalue weighted by Gasteiger charge is 2.04. The Hall–Kier alpha value is -1.65. The third-order valence-corrected chi connectivity index (χ3v) is 1.80. The van der Waals surface area contributed by atoms with Gasteiger partial charge >= 0.3 is 0 Å². The lowest BCUT2D eigenvalue weighted by molar-refractivity contribution is 0.736. The predicted molar refractivity (Wildman–Crippen MR) is 45.9 cm³/mol. The van der Waals surface area contributed by atoms with E-state index in [9.17, 15) is 0 Å². The van der Waals surface area contributed by atoms with E-state index in [1.54, 1.807) is 17.1 Å². The minimum atomic E-state index is 0.856. The molecule has 0 radical (unpaired) electrons. The summed E-state index contributed by atoms with van der Waals surface area (Å²) in [5.74, 6) is 0. The first kappa shape index (κ1) is 7.02. The van der Waals surface area contributed by atoms with Gasteiger partial charge in [-0.2, -0.15) is 0 Å². The Labute approximate surface area is 69.4 Å². The number of rotatable bonds is 1. The van der Waals surface area contributed by atoms with Crippen LogP contribution in [-0.2, 0) is 7.05 Å². The van der Waals surface area contributed by atoms with Crippen molar-refractivity contribution in [3.63, 3.8) is 0 Å². The minimum absolute atomic E-state index is 0.856. The summed E-state index contributed by atoms with van der Waals surface area (Å²) < 4.78 is 1.70. The molecule has 0 amide bonds. The van der Waals surface area contributed by atoms with Gasteiger partial charge in [0.05, 0.1) is 18.1 Å². The molecule has 0 spiro atoms. The van der Waals surface area contributed by atoms with Crippen LogP contribution < -0.4 is 5.32 Å². The third kappa shape index (κ3) is 0.827. The number of hydrogen-bond donors (Lipinski definition) is 1. The molecular weight excluding hydrogens is 154 g/mol. The fourth-order valence-corrected chi connectivity index (χ4v) is 1.13. The van der Waals surface area contributed by atoms with Crippen LogP contribution >= 0.6 is 0 Å². The number of fused-ring (bicyclic) bond motifs is 1. The molecule has 0 unspecified atom stereocenters. The average Bonchev–Trinajstić information content (AvgIpc) is 2.48. The predicted octanol–water partition coefficient (Wildman–Crippen LogP) is 0.405. The average molecular weight is 163 g/mol. The van der Waals surface area contributed by atoms with Gasteiger partial charge in [0.1, 0.15) is 11.0 Å². The van der Waals surface area contributed by atoms with Gasteiger partial charge in [-0.3, -0.25) is 4.98 Å². The Kier molecular flexibility index (Phi) is 1.43. The molecule has 2 rings (SSSR count). The standard InChI is InChI=1S/C7H9N5/c1-8-5-3-9-4-6-7(5)10-11-12(6)2/h3-4,8H,1-2H3. The fraction of sp³-hybridized carbons (Fsp3) is 0.286. The summed E-state index contributed by atoms with van der Waals surface area (Å²) in [6.45, 7) is 0. The quantitative estimate of drug-likeness (QED) is 0.661. The summed E-state index contributed by atoms with van der Waals surface area (Å²) in [5.41, 5.74) is 2.69. The second-order valence-electron chi connectivity index (χ2n) is 2.52. The number of anilines is 1. The normalized spacial score (nSPS) is 10.5. The van der Waals surface area contributed by atoms with Gasteiger partial charge in [-0.15, -0.1) is 5.10 Å². The van der Waals surface area contributed by atoms with Gasteiger partial charge in [-0.25, -0.2) is 4.68 Å². The molecule has 0 aliphatic carbocycles. The van der Waals surface area contributed by atoms with Crippen LogP contribution in [0, 0.1) is 0 Å². The van der Waals surface area contributed by atoms with Gasteiger partial charge in [0.15, 0.2) is 0 Å². The van der Waals surface area contributed by atoms with Gasteiger partial charge < -0.3 is 5.32 Å². The van der Waals surface area contributed by atoms with Crippen LogP contribution in [-0.4, -0.2) is 27.0 Å². The van der Waals surface area contributed by atoms with E-state index in [-0.39, 0.29) is 0 Å². The largest absolute Gasteiger partial charge is 0.385 e. The van der Waals surface area contributed by atoms with Crippen LogP contribution in [0.2, 0.25) is 0 Å². The maximum absolute atomic E-state index is 4.05. The number of nitrogens with one attached hydrogen (secondary N) is 1. The highest BCUT2D eigenvalue weighted by atomic mass is 15.4. The molecule has 0 saturated carbocycles. The van der Waals surface area contributed by atoms with E-state index in [0.717, 1.165) is 16.7 Å². The van der Waals surface area contributed by atoms with E-state index in [1.165, 1.54) is 0 Å². The van der Waals surface area contributed by atoms with Gasteiger partial charge in [-0.1, -0.05) is 5.21 Å². The van der Waals surface area contributed by atoms with Gasteiger partial charge in [0.25, 0.3) is 0 Å². The van der Waals surface area contributed by atoms with Gasteiger partial charge in [0.2, 0.25) is 0 Å². The summed E-state index contributed by atoms with van der Waals surface area (Å²) in [6, 6.07) is 0. The molecule has 0 aromatic carbocycles. The Bertz CT molecular complexity index is 405. The van der Waals surface area contributed by atoms with Crippen molar-refractivity contribution in [2.75, 3.05) is 12.4 Å². The second kappa shape index (κ2) is 2.44. The smallest absolute Gasteiger partial charge is 0.139 e. The number of nitrogens with zero attached hydrogens (tertiary/aromatic N) is 4. The van der Waals surface area contributed by atoms with Crippen LogP contribution in [0.25, 0.3) is 11.0 Å². The highest BCUT2D eigenvalue weighted by molar-refractivity contribution is 5.86. The zero-order valence-corrected chi connectivity index (χ0v) is 6.94. The van der Waals surface area contributed by atoms with E-state index in [0.29, 0.717) is 0 Å². The minimum Gasteiger partial charge on any atom is -0.385 e. The first-order valence-electron chi connectivity index (χ1n) is 3.64.